The molecule has 3 saturated heterocycles. The molecule has 4 heteroatoms. The van der Waals surface area contributed by atoms with Gasteiger partial charge in [0.15, 0.2) is 0 Å². The third-order valence-corrected chi connectivity index (χ3v) is 4.94. The van der Waals surface area contributed by atoms with Crippen LogP contribution in [0.2, 0.25) is 0 Å². The van der Waals surface area contributed by atoms with Crippen LogP contribution in [-0.2, 0) is 9.53 Å². The second-order valence-corrected chi connectivity index (χ2v) is 6.01. The second-order valence-electron chi connectivity index (χ2n) is 6.01. The predicted molar refractivity (Wildman–Crippen MR) is 64.3 cm³/mol. The van der Waals surface area contributed by atoms with Crippen LogP contribution < -0.4 is 5.73 Å². The summed E-state index contributed by atoms with van der Waals surface area (Å²) in [5.74, 6) is 1.36. The number of likely N-dealkylation sites (tertiary alicyclic amines) is 1. The Bertz CT molecular complexity index is 313. The van der Waals surface area contributed by atoms with Gasteiger partial charge in [-0.2, -0.15) is 0 Å². The van der Waals surface area contributed by atoms with Gasteiger partial charge >= 0.3 is 0 Å². The Morgan fingerprint density at radius 1 is 1.24 bits per heavy atom. The molecular formula is C13H22N2O2. The third-order valence-electron chi connectivity index (χ3n) is 4.94. The number of hydrogen-bond acceptors (Lipinski definition) is 3. The SMILES string of the molecule is CC(N)C(C)C(=O)N1CC2C3CCC(O3)C2C1. The fourth-order valence-electron chi connectivity index (χ4n) is 3.65. The van der Waals surface area contributed by atoms with E-state index in [2.05, 4.69) is 0 Å². The van der Waals surface area contributed by atoms with Gasteiger partial charge in [-0.3, -0.25) is 4.79 Å². The molecule has 2 bridgehead atoms. The normalized spacial score (nSPS) is 42.6. The standard InChI is InChI=1S/C13H22N2O2/c1-7(8(2)14)13(16)15-5-9-10(6-15)12-4-3-11(9)17-12/h7-12H,3-6,14H2,1-2H3. The van der Waals surface area contributed by atoms with Crippen molar-refractivity contribution in [1.82, 2.24) is 4.90 Å². The number of carbonyl (C=O) groups is 1. The Labute approximate surface area is 102 Å². The Morgan fingerprint density at radius 2 is 1.76 bits per heavy atom. The lowest BCUT2D eigenvalue weighted by molar-refractivity contribution is -0.135. The molecule has 3 aliphatic rings. The molecule has 4 nitrogen and oxygen atoms in total. The lowest BCUT2D eigenvalue weighted by Crippen LogP contribution is -2.41. The summed E-state index contributed by atoms with van der Waals surface area (Å²) in [4.78, 5) is 14.3. The van der Waals surface area contributed by atoms with Crippen molar-refractivity contribution in [3.05, 3.63) is 0 Å². The summed E-state index contributed by atoms with van der Waals surface area (Å²) in [5.41, 5.74) is 5.81. The molecule has 3 aliphatic heterocycles. The van der Waals surface area contributed by atoms with E-state index >= 15 is 0 Å². The van der Waals surface area contributed by atoms with Crippen molar-refractivity contribution in [2.24, 2.45) is 23.5 Å². The monoisotopic (exact) mass is 238 g/mol. The molecule has 3 heterocycles. The zero-order valence-electron chi connectivity index (χ0n) is 10.6. The minimum atomic E-state index is -0.0626. The number of rotatable bonds is 2. The summed E-state index contributed by atoms with van der Waals surface area (Å²) in [6, 6.07) is -0.0593. The van der Waals surface area contributed by atoms with Gasteiger partial charge in [-0.1, -0.05) is 6.92 Å². The van der Waals surface area contributed by atoms with Crippen LogP contribution in [0.25, 0.3) is 0 Å². The molecule has 0 saturated carbocycles. The van der Waals surface area contributed by atoms with Gasteiger partial charge in [0, 0.05) is 31.0 Å². The van der Waals surface area contributed by atoms with Gasteiger partial charge in [0.25, 0.3) is 0 Å². The molecule has 17 heavy (non-hydrogen) atoms. The van der Waals surface area contributed by atoms with Crippen LogP contribution in [0.15, 0.2) is 0 Å². The van der Waals surface area contributed by atoms with Gasteiger partial charge in [0.1, 0.15) is 0 Å². The van der Waals surface area contributed by atoms with Crippen molar-refractivity contribution >= 4 is 5.91 Å². The highest BCUT2D eigenvalue weighted by atomic mass is 16.5. The lowest BCUT2D eigenvalue weighted by atomic mass is 9.82. The third kappa shape index (κ3) is 1.69. The molecule has 96 valence electrons. The average molecular weight is 238 g/mol. The molecule has 0 radical (unpaired) electrons. The maximum Gasteiger partial charge on any atom is 0.226 e. The minimum Gasteiger partial charge on any atom is -0.374 e. The zero-order chi connectivity index (χ0) is 12.2. The lowest BCUT2D eigenvalue weighted by Gasteiger charge is -2.24. The Morgan fingerprint density at radius 3 is 2.24 bits per heavy atom. The highest BCUT2D eigenvalue weighted by Gasteiger charge is 2.53. The first-order valence-electron chi connectivity index (χ1n) is 6.77. The molecule has 3 fully saturated rings. The predicted octanol–water partition coefficient (Wildman–Crippen LogP) is 0.605. The van der Waals surface area contributed by atoms with Gasteiger partial charge in [-0.25, -0.2) is 0 Å². The molecule has 0 aromatic rings. The number of fused-ring (bicyclic) bond motifs is 5. The molecule has 3 rings (SSSR count). The summed E-state index contributed by atoms with van der Waals surface area (Å²) < 4.78 is 5.91. The van der Waals surface area contributed by atoms with Crippen LogP contribution >= 0.6 is 0 Å². The number of hydrogen-bond donors (Lipinski definition) is 1. The first kappa shape index (κ1) is 11.5. The number of nitrogens with zero attached hydrogens (tertiary/aromatic N) is 1. The Kier molecular flexibility index (Phi) is 2.67. The molecule has 0 spiro atoms. The summed E-state index contributed by atoms with van der Waals surface area (Å²) in [6.45, 7) is 5.63. The van der Waals surface area contributed by atoms with Crippen LogP contribution in [0, 0.1) is 17.8 Å². The zero-order valence-corrected chi connectivity index (χ0v) is 10.6. The number of nitrogens with two attached hydrogens (primary N) is 1. The maximum atomic E-state index is 12.3. The fraction of sp³-hybridized carbons (Fsp3) is 0.923. The van der Waals surface area contributed by atoms with Crippen LogP contribution in [0.1, 0.15) is 26.7 Å². The molecule has 0 aliphatic carbocycles. The highest BCUT2D eigenvalue weighted by Crippen LogP contribution is 2.47. The van der Waals surface area contributed by atoms with E-state index in [4.69, 9.17) is 10.5 Å². The summed E-state index contributed by atoms with van der Waals surface area (Å²) in [5, 5.41) is 0. The minimum absolute atomic E-state index is 0.0593. The smallest absolute Gasteiger partial charge is 0.226 e. The van der Waals surface area contributed by atoms with E-state index < -0.39 is 0 Å². The van der Waals surface area contributed by atoms with Gasteiger partial charge in [0.2, 0.25) is 5.91 Å². The molecule has 6 unspecified atom stereocenters. The van der Waals surface area contributed by atoms with Crippen LogP contribution in [-0.4, -0.2) is 42.1 Å². The van der Waals surface area contributed by atoms with E-state index in [0.29, 0.717) is 24.0 Å². The topological polar surface area (TPSA) is 55.6 Å². The van der Waals surface area contributed by atoms with Gasteiger partial charge in [0.05, 0.1) is 18.1 Å². The number of amides is 1. The Balaban J connectivity index is 1.67. The van der Waals surface area contributed by atoms with E-state index in [1.165, 1.54) is 12.8 Å². The van der Waals surface area contributed by atoms with Crippen LogP contribution in [0.5, 0.6) is 0 Å². The van der Waals surface area contributed by atoms with Crippen molar-refractivity contribution in [3.63, 3.8) is 0 Å². The molecular weight excluding hydrogens is 216 g/mol. The summed E-state index contributed by atoms with van der Waals surface area (Å²) in [7, 11) is 0. The second kappa shape index (κ2) is 3.95. The van der Waals surface area contributed by atoms with Crippen molar-refractivity contribution in [1.29, 1.82) is 0 Å². The van der Waals surface area contributed by atoms with E-state index in [0.717, 1.165) is 13.1 Å². The van der Waals surface area contributed by atoms with Gasteiger partial charge in [-0.15, -0.1) is 0 Å². The average Bonchev–Trinajstić information content (AvgIpc) is 2.97. The van der Waals surface area contributed by atoms with E-state index in [1.54, 1.807) is 0 Å². The summed E-state index contributed by atoms with van der Waals surface area (Å²) >= 11 is 0. The molecule has 1 amide bonds. The molecule has 0 aromatic carbocycles. The number of carbonyl (C=O) groups excluding carboxylic acids is 1. The van der Waals surface area contributed by atoms with Crippen molar-refractivity contribution < 1.29 is 9.53 Å². The molecule has 2 N–H and O–H groups in total. The largest absolute Gasteiger partial charge is 0.374 e. The van der Waals surface area contributed by atoms with Crippen molar-refractivity contribution in [3.8, 4) is 0 Å². The summed E-state index contributed by atoms with van der Waals surface area (Å²) in [6.07, 6.45) is 3.23. The van der Waals surface area contributed by atoms with E-state index in [-0.39, 0.29) is 17.9 Å². The van der Waals surface area contributed by atoms with Gasteiger partial charge in [-0.05, 0) is 19.8 Å². The van der Waals surface area contributed by atoms with Crippen molar-refractivity contribution in [2.45, 2.75) is 44.9 Å². The first-order chi connectivity index (χ1) is 8.08. The molecule has 0 aromatic heterocycles. The Hall–Kier alpha value is -0.610. The van der Waals surface area contributed by atoms with E-state index in [1.807, 2.05) is 18.7 Å². The quantitative estimate of drug-likeness (QED) is 0.766. The highest BCUT2D eigenvalue weighted by molar-refractivity contribution is 5.79. The van der Waals surface area contributed by atoms with E-state index in [9.17, 15) is 4.79 Å². The van der Waals surface area contributed by atoms with Crippen molar-refractivity contribution in [2.75, 3.05) is 13.1 Å². The fourth-order valence-corrected chi connectivity index (χ4v) is 3.65. The maximum absolute atomic E-state index is 12.3. The molecule has 6 atom stereocenters. The van der Waals surface area contributed by atoms with Gasteiger partial charge < -0.3 is 15.4 Å². The van der Waals surface area contributed by atoms with Crippen LogP contribution in [0.4, 0.5) is 0 Å². The van der Waals surface area contributed by atoms with Crippen LogP contribution in [0.3, 0.4) is 0 Å². The first-order valence-corrected chi connectivity index (χ1v) is 6.77. The number of ether oxygens (including phenoxy) is 1.